The van der Waals surface area contributed by atoms with Crippen LogP contribution >= 0.6 is 0 Å². The summed E-state index contributed by atoms with van der Waals surface area (Å²) in [5.41, 5.74) is 8.88. The first-order chi connectivity index (χ1) is 13.6. The zero-order valence-electron chi connectivity index (χ0n) is 15.2. The highest BCUT2D eigenvalue weighted by molar-refractivity contribution is 5.78. The Labute approximate surface area is 160 Å². The predicted molar refractivity (Wildman–Crippen MR) is 105 cm³/mol. The Balaban J connectivity index is 1.63. The van der Waals surface area contributed by atoms with Gasteiger partial charge in [-0.05, 0) is 44.0 Å². The fourth-order valence-electron chi connectivity index (χ4n) is 3.21. The quantitative estimate of drug-likeness (QED) is 0.562. The molecule has 1 fully saturated rings. The lowest BCUT2D eigenvalue weighted by Gasteiger charge is -2.10. The monoisotopic (exact) mass is 375 g/mol. The highest BCUT2D eigenvalue weighted by Crippen LogP contribution is 2.41. The molecular weight excluding hydrogens is 357 g/mol. The number of anilines is 3. The van der Waals surface area contributed by atoms with Gasteiger partial charge in [-0.1, -0.05) is 23.8 Å². The third kappa shape index (κ3) is 2.92. The van der Waals surface area contributed by atoms with Crippen LogP contribution in [0.5, 0.6) is 0 Å². The minimum atomic E-state index is -0.363. The van der Waals surface area contributed by atoms with Crippen molar-refractivity contribution >= 4 is 28.6 Å². The zero-order valence-corrected chi connectivity index (χ0v) is 15.2. The van der Waals surface area contributed by atoms with Crippen LogP contribution in [0.2, 0.25) is 0 Å². The first kappa shape index (κ1) is 16.6. The van der Waals surface area contributed by atoms with Gasteiger partial charge in [0.05, 0.1) is 5.52 Å². The molecule has 5 rings (SSSR count). The van der Waals surface area contributed by atoms with Crippen molar-refractivity contribution in [2.24, 2.45) is 0 Å². The molecule has 2 heterocycles. The van der Waals surface area contributed by atoms with E-state index in [0.29, 0.717) is 22.9 Å². The van der Waals surface area contributed by atoms with Crippen LogP contribution < -0.4 is 11.1 Å². The summed E-state index contributed by atoms with van der Waals surface area (Å²) >= 11 is 0. The first-order valence-electron chi connectivity index (χ1n) is 9.11. The van der Waals surface area contributed by atoms with E-state index in [1.54, 1.807) is 10.6 Å². The van der Waals surface area contributed by atoms with E-state index in [1.807, 2.05) is 37.3 Å². The Morgan fingerprint density at radius 1 is 1.04 bits per heavy atom. The van der Waals surface area contributed by atoms with E-state index < -0.39 is 0 Å². The molecular formula is C20H18FN7. The van der Waals surface area contributed by atoms with E-state index in [9.17, 15) is 4.39 Å². The van der Waals surface area contributed by atoms with Gasteiger partial charge >= 0.3 is 0 Å². The number of nitrogen functional groups attached to an aromatic ring is 1. The SMILES string of the molecule is Cc1ccc(Nc2nc(N)nc(-n3c(C4CC4)nc4c(F)cccc43)n2)cc1. The summed E-state index contributed by atoms with van der Waals surface area (Å²) < 4.78 is 16.1. The van der Waals surface area contributed by atoms with E-state index in [2.05, 4.69) is 25.3 Å². The molecule has 0 unspecified atom stereocenters. The summed E-state index contributed by atoms with van der Waals surface area (Å²) in [6.07, 6.45) is 2.03. The molecule has 0 spiro atoms. The average Bonchev–Trinajstić information content (AvgIpc) is 3.43. The number of nitrogens with two attached hydrogens (primary N) is 1. The van der Waals surface area contributed by atoms with Crippen molar-refractivity contribution in [3.63, 3.8) is 0 Å². The highest BCUT2D eigenvalue weighted by atomic mass is 19.1. The molecule has 7 nitrogen and oxygen atoms in total. The minimum Gasteiger partial charge on any atom is -0.368 e. The van der Waals surface area contributed by atoms with Gasteiger partial charge in [0.2, 0.25) is 17.8 Å². The lowest BCUT2D eigenvalue weighted by atomic mass is 10.2. The Morgan fingerprint density at radius 2 is 1.82 bits per heavy atom. The molecule has 0 radical (unpaired) electrons. The largest absolute Gasteiger partial charge is 0.368 e. The normalized spacial score (nSPS) is 13.8. The maximum absolute atomic E-state index is 14.3. The van der Waals surface area contributed by atoms with Crippen LogP contribution in [0.4, 0.5) is 22.0 Å². The van der Waals surface area contributed by atoms with Crippen LogP contribution in [0, 0.1) is 12.7 Å². The van der Waals surface area contributed by atoms with Gasteiger partial charge in [0.25, 0.3) is 0 Å². The predicted octanol–water partition coefficient (Wildman–Crippen LogP) is 3.86. The molecule has 0 aliphatic heterocycles. The number of aryl methyl sites for hydroxylation is 1. The molecule has 0 amide bonds. The summed E-state index contributed by atoms with van der Waals surface area (Å²) in [5.74, 6) is 1.41. The van der Waals surface area contributed by atoms with E-state index in [-0.39, 0.29) is 17.7 Å². The Bertz CT molecular complexity index is 1180. The molecule has 0 saturated heterocycles. The maximum atomic E-state index is 14.3. The summed E-state index contributed by atoms with van der Waals surface area (Å²) in [5, 5.41) is 3.15. The van der Waals surface area contributed by atoms with Crippen LogP contribution in [0.1, 0.15) is 30.1 Å². The lowest BCUT2D eigenvalue weighted by molar-refractivity contribution is 0.637. The van der Waals surface area contributed by atoms with Crippen LogP contribution in [-0.2, 0) is 0 Å². The Hall–Kier alpha value is -3.55. The van der Waals surface area contributed by atoms with Gasteiger partial charge in [0.15, 0.2) is 5.82 Å². The van der Waals surface area contributed by atoms with Gasteiger partial charge in [-0.15, -0.1) is 0 Å². The first-order valence-corrected chi connectivity index (χ1v) is 9.11. The van der Waals surface area contributed by atoms with E-state index in [1.165, 1.54) is 6.07 Å². The maximum Gasteiger partial charge on any atom is 0.242 e. The fourth-order valence-corrected chi connectivity index (χ4v) is 3.21. The Morgan fingerprint density at radius 3 is 2.57 bits per heavy atom. The Kier molecular flexibility index (Phi) is 3.71. The molecule has 0 bridgehead atoms. The topological polar surface area (TPSA) is 94.5 Å². The number of halogens is 1. The molecule has 3 N–H and O–H groups in total. The number of benzene rings is 2. The van der Waals surface area contributed by atoms with Crippen LogP contribution in [0.15, 0.2) is 42.5 Å². The number of rotatable bonds is 4. The second-order valence-corrected chi connectivity index (χ2v) is 7.00. The van der Waals surface area contributed by atoms with Gasteiger partial charge in [-0.25, -0.2) is 9.37 Å². The molecule has 4 aromatic rings. The van der Waals surface area contributed by atoms with Gasteiger partial charge < -0.3 is 11.1 Å². The van der Waals surface area contributed by atoms with Gasteiger partial charge in [-0.3, -0.25) is 4.57 Å². The van der Waals surface area contributed by atoms with Crippen molar-refractivity contribution in [1.29, 1.82) is 0 Å². The summed E-state index contributed by atoms with van der Waals surface area (Å²) in [4.78, 5) is 17.5. The molecule has 2 aromatic carbocycles. The van der Waals surface area contributed by atoms with Gasteiger partial charge in [0.1, 0.15) is 11.3 Å². The number of hydrogen-bond donors (Lipinski definition) is 2. The van der Waals surface area contributed by atoms with Gasteiger partial charge in [0, 0.05) is 11.6 Å². The van der Waals surface area contributed by atoms with Crippen molar-refractivity contribution in [3.8, 4) is 5.95 Å². The lowest BCUT2D eigenvalue weighted by Crippen LogP contribution is -2.11. The van der Waals surface area contributed by atoms with Crippen molar-refractivity contribution < 1.29 is 4.39 Å². The summed E-state index contributed by atoms with van der Waals surface area (Å²) in [7, 11) is 0. The van der Waals surface area contributed by atoms with Gasteiger partial charge in [-0.2, -0.15) is 15.0 Å². The van der Waals surface area contributed by atoms with Crippen molar-refractivity contribution in [3.05, 3.63) is 59.7 Å². The standard InChI is InChI=1S/C20H18FN7/c1-11-5-9-13(10-6-11)23-19-25-18(22)26-20(27-19)28-15-4-2-3-14(21)16(15)24-17(28)12-7-8-12/h2-6,9-10,12H,7-8H2,1H3,(H3,22,23,25,26,27). The van der Waals surface area contributed by atoms with Crippen molar-refractivity contribution in [2.45, 2.75) is 25.7 Å². The molecule has 0 atom stereocenters. The average molecular weight is 375 g/mol. The smallest absolute Gasteiger partial charge is 0.242 e. The van der Waals surface area contributed by atoms with E-state index in [0.717, 1.165) is 29.9 Å². The third-order valence-corrected chi connectivity index (χ3v) is 4.75. The summed E-state index contributed by atoms with van der Waals surface area (Å²) in [6.45, 7) is 2.02. The molecule has 1 saturated carbocycles. The molecule has 2 aromatic heterocycles. The number of nitrogens with zero attached hydrogens (tertiary/aromatic N) is 5. The number of hydrogen-bond acceptors (Lipinski definition) is 6. The van der Waals surface area contributed by atoms with Crippen LogP contribution in [0.25, 0.3) is 17.0 Å². The molecule has 140 valence electrons. The number of aromatic nitrogens is 5. The molecule has 1 aliphatic rings. The van der Waals surface area contributed by atoms with Crippen molar-refractivity contribution in [2.75, 3.05) is 11.1 Å². The summed E-state index contributed by atoms with van der Waals surface area (Å²) in [6, 6.07) is 12.7. The van der Waals surface area contributed by atoms with Crippen LogP contribution in [-0.4, -0.2) is 24.5 Å². The second kappa shape index (κ2) is 6.26. The highest BCUT2D eigenvalue weighted by Gasteiger charge is 2.31. The second-order valence-electron chi connectivity index (χ2n) is 7.00. The van der Waals surface area contributed by atoms with E-state index >= 15 is 0 Å². The van der Waals surface area contributed by atoms with Crippen molar-refractivity contribution in [1.82, 2.24) is 24.5 Å². The van der Waals surface area contributed by atoms with Crippen LogP contribution in [0.3, 0.4) is 0 Å². The minimum absolute atomic E-state index is 0.0830. The number of fused-ring (bicyclic) bond motifs is 1. The number of nitrogens with one attached hydrogen (secondary N) is 1. The zero-order chi connectivity index (χ0) is 19.3. The fraction of sp³-hybridized carbons (Fsp3) is 0.200. The number of para-hydroxylation sites is 1. The molecule has 28 heavy (non-hydrogen) atoms. The third-order valence-electron chi connectivity index (χ3n) is 4.75. The number of imidazole rings is 1. The molecule has 1 aliphatic carbocycles. The molecule has 8 heteroatoms. The van der Waals surface area contributed by atoms with E-state index in [4.69, 9.17) is 5.73 Å².